The number of nitrogens with one attached hydrogen (secondary N) is 1. The molecule has 0 aliphatic heterocycles. The van der Waals surface area contributed by atoms with Crippen molar-refractivity contribution in [3.05, 3.63) is 60.4 Å². The maximum absolute atomic E-state index is 12.8. The van der Waals surface area contributed by atoms with Crippen LogP contribution < -0.4 is 10.1 Å². The van der Waals surface area contributed by atoms with Gasteiger partial charge >= 0.3 is 0 Å². The average molecular weight is 273 g/mol. The van der Waals surface area contributed by atoms with Gasteiger partial charge in [0, 0.05) is 5.69 Å². The molecule has 1 unspecified atom stereocenters. The van der Waals surface area contributed by atoms with Crippen LogP contribution in [-0.2, 0) is 4.79 Å². The fourth-order valence-electron chi connectivity index (χ4n) is 1.74. The smallest absolute Gasteiger partial charge is 0.265 e. The lowest BCUT2D eigenvalue weighted by molar-refractivity contribution is -0.122. The van der Waals surface area contributed by atoms with E-state index in [-0.39, 0.29) is 11.7 Å². The molecule has 20 heavy (non-hydrogen) atoms. The molecule has 104 valence electrons. The SMILES string of the molecule is CCC(Oc1ccc(F)cc1)C(=O)Nc1ccccc1. The summed E-state index contributed by atoms with van der Waals surface area (Å²) in [5.41, 5.74) is 0.721. The Morgan fingerprint density at radius 2 is 1.80 bits per heavy atom. The van der Waals surface area contributed by atoms with Gasteiger partial charge in [-0.2, -0.15) is 0 Å². The molecule has 2 aromatic rings. The van der Waals surface area contributed by atoms with Gasteiger partial charge in [0.15, 0.2) is 6.10 Å². The summed E-state index contributed by atoms with van der Waals surface area (Å²) in [6.45, 7) is 1.86. The molecule has 2 aromatic carbocycles. The van der Waals surface area contributed by atoms with Crippen molar-refractivity contribution in [2.24, 2.45) is 0 Å². The molecule has 0 aliphatic rings. The first kappa shape index (κ1) is 14.1. The Bertz CT molecular complexity index is 554. The summed E-state index contributed by atoms with van der Waals surface area (Å²) in [4.78, 5) is 12.1. The summed E-state index contributed by atoms with van der Waals surface area (Å²) in [7, 11) is 0. The summed E-state index contributed by atoms with van der Waals surface area (Å²) in [5, 5.41) is 2.79. The van der Waals surface area contributed by atoms with Crippen LogP contribution in [-0.4, -0.2) is 12.0 Å². The van der Waals surface area contributed by atoms with E-state index in [2.05, 4.69) is 5.32 Å². The van der Waals surface area contributed by atoms with E-state index in [1.54, 1.807) is 0 Å². The van der Waals surface area contributed by atoms with Gasteiger partial charge in [-0.15, -0.1) is 0 Å². The van der Waals surface area contributed by atoms with Gasteiger partial charge in [0.05, 0.1) is 0 Å². The number of para-hydroxylation sites is 1. The van der Waals surface area contributed by atoms with Gasteiger partial charge in [0.25, 0.3) is 5.91 Å². The van der Waals surface area contributed by atoms with Crippen LogP contribution in [0.1, 0.15) is 13.3 Å². The fraction of sp³-hybridized carbons (Fsp3) is 0.188. The number of carbonyl (C=O) groups is 1. The lowest BCUT2D eigenvalue weighted by Crippen LogP contribution is -2.32. The minimum absolute atomic E-state index is 0.219. The van der Waals surface area contributed by atoms with Crippen LogP contribution in [0, 0.1) is 5.82 Å². The van der Waals surface area contributed by atoms with Crippen molar-refractivity contribution >= 4 is 11.6 Å². The van der Waals surface area contributed by atoms with E-state index in [1.165, 1.54) is 24.3 Å². The third-order valence-electron chi connectivity index (χ3n) is 2.80. The number of hydrogen-bond acceptors (Lipinski definition) is 2. The van der Waals surface area contributed by atoms with Crippen LogP contribution in [0.5, 0.6) is 5.75 Å². The number of rotatable bonds is 5. The molecule has 1 amide bonds. The highest BCUT2D eigenvalue weighted by atomic mass is 19.1. The van der Waals surface area contributed by atoms with Crippen molar-refractivity contribution in [2.75, 3.05) is 5.32 Å². The zero-order valence-electron chi connectivity index (χ0n) is 11.2. The molecule has 0 fully saturated rings. The summed E-state index contributed by atoms with van der Waals surface area (Å²) in [6, 6.07) is 14.8. The maximum Gasteiger partial charge on any atom is 0.265 e. The molecule has 0 spiro atoms. The first-order valence-electron chi connectivity index (χ1n) is 6.47. The molecule has 0 bridgehead atoms. The van der Waals surface area contributed by atoms with E-state index in [0.29, 0.717) is 12.2 Å². The summed E-state index contributed by atoms with van der Waals surface area (Å²) in [5.74, 6) is -0.0800. The normalized spacial score (nSPS) is 11.7. The maximum atomic E-state index is 12.8. The number of benzene rings is 2. The van der Waals surface area contributed by atoms with Gasteiger partial charge < -0.3 is 10.1 Å². The van der Waals surface area contributed by atoms with E-state index >= 15 is 0 Å². The molecule has 1 N–H and O–H groups in total. The highest BCUT2D eigenvalue weighted by Gasteiger charge is 2.18. The molecular formula is C16H16FNO2. The zero-order chi connectivity index (χ0) is 14.4. The Morgan fingerprint density at radius 3 is 2.40 bits per heavy atom. The lowest BCUT2D eigenvalue weighted by atomic mass is 10.2. The lowest BCUT2D eigenvalue weighted by Gasteiger charge is -2.17. The number of carbonyl (C=O) groups excluding carboxylic acids is 1. The second-order valence-corrected chi connectivity index (χ2v) is 4.32. The van der Waals surface area contributed by atoms with Gasteiger partial charge in [-0.05, 0) is 42.8 Å². The number of anilines is 1. The van der Waals surface area contributed by atoms with E-state index in [9.17, 15) is 9.18 Å². The van der Waals surface area contributed by atoms with Crippen molar-refractivity contribution in [1.29, 1.82) is 0 Å². The minimum Gasteiger partial charge on any atom is -0.481 e. The molecule has 0 aliphatic carbocycles. The second-order valence-electron chi connectivity index (χ2n) is 4.32. The molecule has 0 aromatic heterocycles. The predicted molar refractivity (Wildman–Crippen MR) is 76.2 cm³/mol. The molecule has 0 saturated carbocycles. The number of halogens is 1. The topological polar surface area (TPSA) is 38.3 Å². The average Bonchev–Trinajstić information content (AvgIpc) is 2.47. The second kappa shape index (κ2) is 6.70. The number of hydrogen-bond donors (Lipinski definition) is 1. The third kappa shape index (κ3) is 3.82. The van der Waals surface area contributed by atoms with Gasteiger partial charge in [-0.1, -0.05) is 25.1 Å². The predicted octanol–water partition coefficient (Wildman–Crippen LogP) is 3.62. The van der Waals surface area contributed by atoms with Crippen molar-refractivity contribution in [2.45, 2.75) is 19.4 Å². The quantitative estimate of drug-likeness (QED) is 0.903. The van der Waals surface area contributed by atoms with Crippen LogP contribution in [0.25, 0.3) is 0 Å². The van der Waals surface area contributed by atoms with Gasteiger partial charge in [0.2, 0.25) is 0 Å². The van der Waals surface area contributed by atoms with Crippen molar-refractivity contribution in [3.8, 4) is 5.75 Å². The van der Waals surface area contributed by atoms with Crippen molar-refractivity contribution < 1.29 is 13.9 Å². The fourth-order valence-corrected chi connectivity index (χ4v) is 1.74. The van der Waals surface area contributed by atoms with E-state index in [0.717, 1.165) is 5.69 Å². The van der Waals surface area contributed by atoms with Crippen LogP contribution in [0.3, 0.4) is 0 Å². The highest BCUT2D eigenvalue weighted by Crippen LogP contribution is 2.15. The molecule has 1 atom stereocenters. The molecule has 3 nitrogen and oxygen atoms in total. The van der Waals surface area contributed by atoms with Gasteiger partial charge in [0.1, 0.15) is 11.6 Å². The minimum atomic E-state index is -0.610. The Hall–Kier alpha value is -2.36. The first-order chi connectivity index (χ1) is 9.69. The van der Waals surface area contributed by atoms with Crippen LogP contribution in [0.4, 0.5) is 10.1 Å². The first-order valence-corrected chi connectivity index (χ1v) is 6.47. The van der Waals surface area contributed by atoms with Gasteiger partial charge in [-0.3, -0.25) is 4.79 Å². The Morgan fingerprint density at radius 1 is 1.15 bits per heavy atom. The monoisotopic (exact) mass is 273 g/mol. The van der Waals surface area contributed by atoms with E-state index in [4.69, 9.17) is 4.74 Å². The Labute approximate surface area is 117 Å². The third-order valence-corrected chi connectivity index (χ3v) is 2.80. The standard InChI is InChI=1S/C16H16FNO2/c1-2-15(20-14-10-8-12(17)9-11-14)16(19)18-13-6-4-3-5-7-13/h3-11,15H,2H2,1H3,(H,18,19). The number of ether oxygens (including phenoxy) is 1. The van der Waals surface area contributed by atoms with Crippen molar-refractivity contribution in [1.82, 2.24) is 0 Å². The van der Waals surface area contributed by atoms with Gasteiger partial charge in [-0.25, -0.2) is 4.39 Å². The van der Waals surface area contributed by atoms with E-state index < -0.39 is 6.10 Å². The van der Waals surface area contributed by atoms with E-state index in [1.807, 2.05) is 37.3 Å². The molecule has 0 radical (unpaired) electrons. The van der Waals surface area contributed by atoms with Crippen LogP contribution >= 0.6 is 0 Å². The number of amides is 1. The van der Waals surface area contributed by atoms with Crippen molar-refractivity contribution in [3.63, 3.8) is 0 Å². The van der Waals surface area contributed by atoms with Crippen LogP contribution in [0.15, 0.2) is 54.6 Å². The molecule has 4 heteroatoms. The molecular weight excluding hydrogens is 257 g/mol. The molecule has 2 rings (SSSR count). The largest absolute Gasteiger partial charge is 0.481 e. The molecule has 0 saturated heterocycles. The van der Waals surface area contributed by atoms with Crippen LogP contribution in [0.2, 0.25) is 0 Å². The summed E-state index contributed by atoms with van der Waals surface area (Å²) < 4.78 is 18.4. The zero-order valence-corrected chi connectivity index (χ0v) is 11.2. The Kier molecular flexibility index (Phi) is 4.71. The Balaban J connectivity index is 2.00. The summed E-state index contributed by atoms with van der Waals surface area (Å²) >= 11 is 0. The summed E-state index contributed by atoms with van der Waals surface area (Å²) in [6.07, 6.45) is -0.0866. The molecule has 0 heterocycles. The highest BCUT2D eigenvalue weighted by molar-refractivity contribution is 5.94.